The lowest BCUT2D eigenvalue weighted by Crippen LogP contribution is -2.53. The van der Waals surface area contributed by atoms with Gasteiger partial charge in [-0.3, -0.25) is 11.3 Å². The monoisotopic (exact) mass is 340 g/mol. The number of hydrogen-bond acceptors (Lipinski definition) is 3. The van der Waals surface area contributed by atoms with E-state index in [4.69, 9.17) is 5.84 Å². The Hall–Kier alpha value is 0.100. The molecule has 0 radical (unpaired) electrons. The first-order valence-electron chi connectivity index (χ1n) is 7.39. The van der Waals surface area contributed by atoms with Gasteiger partial charge in [0.05, 0.1) is 6.04 Å². The lowest BCUT2D eigenvalue weighted by Gasteiger charge is -2.59. The van der Waals surface area contributed by atoms with Crippen LogP contribution in [0.3, 0.4) is 0 Å². The summed E-state index contributed by atoms with van der Waals surface area (Å²) >= 11 is 5.54. The summed E-state index contributed by atoms with van der Waals surface area (Å²) in [6.45, 7) is 0. The van der Waals surface area contributed by atoms with E-state index in [1.807, 2.05) is 11.3 Å². The maximum atomic E-state index is 5.99. The summed E-state index contributed by atoms with van der Waals surface area (Å²) in [5.41, 5.74) is 3.61. The van der Waals surface area contributed by atoms with Crippen LogP contribution in [0.5, 0.6) is 0 Å². The van der Waals surface area contributed by atoms with Crippen molar-refractivity contribution in [2.24, 2.45) is 29.0 Å². The summed E-state index contributed by atoms with van der Waals surface area (Å²) in [7, 11) is 0. The summed E-state index contributed by atoms with van der Waals surface area (Å²) in [5, 5.41) is 2.17. The first kappa shape index (κ1) is 12.8. The molecule has 3 N–H and O–H groups in total. The van der Waals surface area contributed by atoms with E-state index in [0.717, 1.165) is 17.8 Å². The smallest absolute Gasteiger partial charge is 0.0621 e. The van der Waals surface area contributed by atoms with Crippen molar-refractivity contribution >= 4 is 27.3 Å². The molecule has 1 unspecified atom stereocenters. The van der Waals surface area contributed by atoms with Gasteiger partial charge in [0, 0.05) is 9.35 Å². The molecule has 4 fully saturated rings. The number of nitrogens with two attached hydrogens (primary N) is 1. The second-order valence-electron chi connectivity index (χ2n) is 7.01. The van der Waals surface area contributed by atoms with Crippen LogP contribution in [-0.2, 0) is 0 Å². The van der Waals surface area contributed by atoms with Gasteiger partial charge in [0.1, 0.15) is 0 Å². The molecule has 5 rings (SSSR count). The van der Waals surface area contributed by atoms with Crippen molar-refractivity contribution in [2.45, 2.75) is 44.6 Å². The zero-order valence-corrected chi connectivity index (χ0v) is 13.5. The van der Waals surface area contributed by atoms with E-state index >= 15 is 0 Å². The van der Waals surface area contributed by atoms with E-state index in [2.05, 4.69) is 32.8 Å². The molecule has 4 aliphatic rings. The van der Waals surface area contributed by atoms with Crippen LogP contribution in [0.4, 0.5) is 0 Å². The van der Waals surface area contributed by atoms with Gasteiger partial charge >= 0.3 is 0 Å². The fourth-order valence-electron chi connectivity index (χ4n) is 5.57. The summed E-state index contributed by atoms with van der Waals surface area (Å²) in [4.78, 5) is 1.41. The van der Waals surface area contributed by atoms with Crippen molar-refractivity contribution in [3.05, 3.63) is 20.8 Å². The molecule has 0 amide bonds. The van der Waals surface area contributed by atoms with Crippen LogP contribution in [-0.4, -0.2) is 0 Å². The number of hydrogen-bond donors (Lipinski definition) is 2. The molecule has 0 aromatic carbocycles. The highest BCUT2D eigenvalue weighted by Crippen LogP contribution is 2.64. The Balaban J connectivity index is 1.72. The summed E-state index contributed by atoms with van der Waals surface area (Å²) in [6.07, 6.45) is 8.63. The minimum Gasteiger partial charge on any atom is -0.271 e. The lowest BCUT2D eigenvalue weighted by molar-refractivity contribution is -0.0743. The molecule has 1 heterocycles. The Bertz CT molecular complexity index is 449. The minimum absolute atomic E-state index is 0.343. The maximum absolute atomic E-state index is 5.99. The maximum Gasteiger partial charge on any atom is 0.0621 e. The third kappa shape index (κ3) is 1.95. The second kappa shape index (κ2) is 4.55. The van der Waals surface area contributed by atoms with Crippen molar-refractivity contribution in [1.29, 1.82) is 0 Å². The molecule has 0 spiro atoms. The summed E-state index contributed by atoms with van der Waals surface area (Å²) in [6, 6.07) is 2.50. The van der Waals surface area contributed by atoms with Crippen LogP contribution < -0.4 is 11.3 Å². The van der Waals surface area contributed by atoms with Crippen molar-refractivity contribution in [1.82, 2.24) is 5.43 Å². The first-order valence-corrected chi connectivity index (χ1v) is 9.06. The second-order valence-corrected chi connectivity index (χ2v) is 8.81. The molecule has 0 saturated heterocycles. The molecule has 4 bridgehead atoms. The fourth-order valence-corrected chi connectivity index (χ4v) is 7.38. The van der Waals surface area contributed by atoms with E-state index in [1.165, 1.54) is 47.9 Å². The largest absolute Gasteiger partial charge is 0.271 e. The van der Waals surface area contributed by atoms with Crippen molar-refractivity contribution in [3.8, 4) is 0 Å². The Kier molecular flexibility index (Phi) is 3.07. The van der Waals surface area contributed by atoms with Crippen LogP contribution in [0.25, 0.3) is 0 Å². The van der Waals surface area contributed by atoms with Crippen LogP contribution in [0.2, 0.25) is 0 Å². The number of halogens is 1. The molecule has 19 heavy (non-hydrogen) atoms. The van der Waals surface area contributed by atoms with E-state index in [-0.39, 0.29) is 0 Å². The predicted octanol–water partition coefficient (Wildman–Crippen LogP) is 4.23. The number of hydrazine groups is 1. The van der Waals surface area contributed by atoms with Crippen LogP contribution >= 0.6 is 27.3 Å². The van der Waals surface area contributed by atoms with Crippen molar-refractivity contribution in [3.63, 3.8) is 0 Å². The molecule has 2 nitrogen and oxygen atoms in total. The van der Waals surface area contributed by atoms with Crippen molar-refractivity contribution < 1.29 is 0 Å². The van der Waals surface area contributed by atoms with Gasteiger partial charge in [-0.15, -0.1) is 11.3 Å². The molecular formula is C15H21BrN2S. The summed E-state index contributed by atoms with van der Waals surface area (Å²) < 4.78 is 1.23. The highest BCUT2D eigenvalue weighted by atomic mass is 79.9. The number of thiophene rings is 1. The van der Waals surface area contributed by atoms with Gasteiger partial charge in [0.15, 0.2) is 0 Å². The van der Waals surface area contributed by atoms with Crippen LogP contribution in [0, 0.1) is 23.2 Å². The van der Waals surface area contributed by atoms with Crippen molar-refractivity contribution in [2.75, 3.05) is 0 Å². The minimum atomic E-state index is 0.343. The topological polar surface area (TPSA) is 38.0 Å². The van der Waals surface area contributed by atoms with E-state index < -0.39 is 0 Å². The average Bonchev–Trinajstić information content (AvgIpc) is 2.74. The molecule has 1 atom stereocenters. The van der Waals surface area contributed by atoms with E-state index in [9.17, 15) is 0 Å². The lowest BCUT2D eigenvalue weighted by atomic mass is 9.47. The van der Waals surface area contributed by atoms with Gasteiger partial charge in [0.25, 0.3) is 0 Å². The van der Waals surface area contributed by atoms with Gasteiger partial charge in [-0.05, 0) is 89.1 Å². The Morgan fingerprint density at radius 1 is 1.21 bits per heavy atom. The quantitative estimate of drug-likeness (QED) is 0.638. The zero-order chi connectivity index (χ0) is 13.0. The zero-order valence-electron chi connectivity index (χ0n) is 11.1. The highest BCUT2D eigenvalue weighted by molar-refractivity contribution is 9.10. The molecule has 4 saturated carbocycles. The molecular weight excluding hydrogens is 320 g/mol. The highest BCUT2D eigenvalue weighted by Gasteiger charge is 2.54. The molecule has 1 aromatic rings. The van der Waals surface area contributed by atoms with E-state index in [1.54, 1.807) is 0 Å². The molecule has 0 aliphatic heterocycles. The molecule has 104 valence electrons. The van der Waals surface area contributed by atoms with Gasteiger partial charge < -0.3 is 0 Å². The van der Waals surface area contributed by atoms with Gasteiger partial charge in [-0.1, -0.05) is 0 Å². The third-order valence-corrected chi connectivity index (χ3v) is 7.71. The fraction of sp³-hybridized carbons (Fsp3) is 0.733. The molecule has 1 aromatic heterocycles. The van der Waals surface area contributed by atoms with Crippen LogP contribution in [0.15, 0.2) is 15.9 Å². The standard InChI is InChI=1S/C15H21BrN2S/c16-12-1-2-19-13(12)14(18-17)15-6-9-3-10(7-15)5-11(4-9)8-15/h1-2,9-11,14,18H,3-8,17H2. The Labute approximate surface area is 127 Å². The normalized spacial score (nSPS) is 41.7. The Morgan fingerprint density at radius 2 is 1.79 bits per heavy atom. The molecule has 4 aliphatic carbocycles. The van der Waals surface area contributed by atoms with Gasteiger partial charge in [-0.2, -0.15) is 0 Å². The predicted molar refractivity (Wildman–Crippen MR) is 82.7 cm³/mol. The third-order valence-electron chi connectivity index (χ3n) is 5.77. The number of rotatable bonds is 3. The number of nitrogens with one attached hydrogen (secondary N) is 1. The van der Waals surface area contributed by atoms with Gasteiger partial charge in [-0.25, -0.2) is 0 Å². The van der Waals surface area contributed by atoms with E-state index in [0.29, 0.717) is 11.5 Å². The first-order chi connectivity index (χ1) is 9.20. The van der Waals surface area contributed by atoms with Gasteiger partial charge in [0.2, 0.25) is 0 Å². The SMILES string of the molecule is NNC(c1sccc1Br)C12CC3CC(CC(C3)C1)C2. The van der Waals surface area contributed by atoms with Crippen LogP contribution in [0.1, 0.15) is 49.4 Å². The summed E-state index contributed by atoms with van der Waals surface area (Å²) in [5.74, 6) is 8.91. The molecule has 4 heteroatoms. The average molecular weight is 341 g/mol. The Morgan fingerprint density at radius 3 is 2.21 bits per heavy atom.